The van der Waals surface area contributed by atoms with Gasteiger partial charge in [-0.15, -0.1) is 0 Å². The Kier molecular flexibility index (Phi) is 7.76. The van der Waals surface area contributed by atoms with Gasteiger partial charge < -0.3 is 14.4 Å². The molecule has 8 nitrogen and oxygen atoms in total. The van der Waals surface area contributed by atoms with Gasteiger partial charge in [0, 0.05) is 19.4 Å². The SMILES string of the molecule is CC(C)(C)O[C@@H]1C[C@@H](c2nc(CCCc3ccccc3)no2)N(S(=O)(=O)C2CCC[C@H](O)C2)C1. The van der Waals surface area contributed by atoms with Gasteiger partial charge in [-0.05, 0) is 64.9 Å². The molecule has 0 spiro atoms. The summed E-state index contributed by atoms with van der Waals surface area (Å²) in [4.78, 5) is 4.59. The van der Waals surface area contributed by atoms with Gasteiger partial charge in [0.15, 0.2) is 5.82 Å². The quantitative estimate of drug-likeness (QED) is 0.598. The molecule has 2 aliphatic rings. The Hall–Kier alpha value is -1.81. The number of ether oxygens (including phenoxy) is 1. The Bertz CT molecular complexity index is 1030. The summed E-state index contributed by atoms with van der Waals surface area (Å²) in [5.41, 5.74) is 0.865. The van der Waals surface area contributed by atoms with Crippen LogP contribution in [-0.2, 0) is 27.6 Å². The van der Waals surface area contributed by atoms with Crippen molar-refractivity contribution in [2.75, 3.05) is 6.54 Å². The van der Waals surface area contributed by atoms with E-state index in [0.29, 0.717) is 43.8 Å². The molecular formula is C25H37N3O5S. The lowest BCUT2D eigenvalue weighted by atomic mass is 9.97. The topological polar surface area (TPSA) is 106 Å². The van der Waals surface area contributed by atoms with Crippen molar-refractivity contribution in [1.29, 1.82) is 0 Å². The van der Waals surface area contributed by atoms with Crippen molar-refractivity contribution < 1.29 is 22.8 Å². The van der Waals surface area contributed by atoms with Gasteiger partial charge in [-0.3, -0.25) is 0 Å². The Balaban J connectivity index is 1.49. The van der Waals surface area contributed by atoms with Crippen molar-refractivity contribution in [3.8, 4) is 0 Å². The number of rotatable bonds is 8. The van der Waals surface area contributed by atoms with Crippen LogP contribution in [0.15, 0.2) is 34.9 Å². The predicted molar refractivity (Wildman–Crippen MR) is 129 cm³/mol. The Morgan fingerprint density at radius 3 is 2.62 bits per heavy atom. The number of hydrogen-bond donors (Lipinski definition) is 1. The molecule has 0 radical (unpaired) electrons. The third kappa shape index (κ3) is 6.24. The highest BCUT2D eigenvalue weighted by molar-refractivity contribution is 7.89. The number of hydrogen-bond acceptors (Lipinski definition) is 7. The molecule has 4 rings (SSSR count). The van der Waals surface area contributed by atoms with Gasteiger partial charge in [-0.2, -0.15) is 9.29 Å². The zero-order valence-electron chi connectivity index (χ0n) is 20.4. The van der Waals surface area contributed by atoms with Crippen LogP contribution in [0.25, 0.3) is 0 Å². The van der Waals surface area contributed by atoms with Gasteiger partial charge in [0.05, 0.1) is 23.1 Å². The smallest absolute Gasteiger partial charge is 0.245 e. The minimum atomic E-state index is -3.66. The summed E-state index contributed by atoms with van der Waals surface area (Å²) in [5.74, 6) is 0.922. The van der Waals surface area contributed by atoms with E-state index in [9.17, 15) is 13.5 Å². The van der Waals surface area contributed by atoms with Crippen molar-refractivity contribution in [2.45, 2.75) is 101 Å². The van der Waals surface area contributed by atoms with Crippen LogP contribution in [0.1, 0.15) is 82.6 Å². The first kappa shape index (κ1) is 25.3. The Morgan fingerprint density at radius 1 is 1.15 bits per heavy atom. The first-order valence-corrected chi connectivity index (χ1v) is 13.8. The fourth-order valence-electron chi connectivity index (χ4n) is 5.04. The summed E-state index contributed by atoms with van der Waals surface area (Å²) in [7, 11) is -3.66. The number of aliphatic hydroxyl groups excluding tert-OH is 1. The monoisotopic (exact) mass is 491 g/mol. The molecule has 1 N–H and O–H groups in total. The maximum Gasteiger partial charge on any atom is 0.245 e. The van der Waals surface area contributed by atoms with Crippen LogP contribution in [0.4, 0.5) is 0 Å². The van der Waals surface area contributed by atoms with Gasteiger partial charge in [0.1, 0.15) is 6.04 Å². The van der Waals surface area contributed by atoms with E-state index in [2.05, 4.69) is 22.3 Å². The number of nitrogens with zero attached hydrogens (tertiary/aromatic N) is 3. The minimum absolute atomic E-state index is 0.253. The molecule has 1 saturated carbocycles. The van der Waals surface area contributed by atoms with Crippen LogP contribution in [-0.4, -0.2) is 57.6 Å². The normalized spacial score (nSPS) is 26.7. The number of sulfonamides is 1. The average Bonchev–Trinajstić information content (AvgIpc) is 3.41. The summed E-state index contributed by atoms with van der Waals surface area (Å²) in [5, 5.41) is 13.6. The molecule has 2 heterocycles. The maximum absolute atomic E-state index is 13.6. The molecule has 2 fully saturated rings. The molecule has 0 amide bonds. The molecular weight excluding hydrogens is 454 g/mol. The largest absolute Gasteiger partial charge is 0.393 e. The van der Waals surface area contributed by atoms with Gasteiger partial charge >= 0.3 is 0 Å². The average molecular weight is 492 g/mol. The second-order valence-electron chi connectivity index (χ2n) is 10.5. The van der Waals surface area contributed by atoms with E-state index in [1.807, 2.05) is 39.0 Å². The zero-order valence-corrected chi connectivity index (χ0v) is 21.2. The lowest BCUT2D eigenvalue weighted by Crippen LogP contribution is -2.42. The second kappa shape index (κ2) is 10.4. The molecule has 1 aromatic heterocycles. The first-order valence-electron chi connectivity index (χ1n) is 12.3. The van der Waals surface area contributed by atoms with Crippen molar-refractivity contribution in [2.24, 2.45) is 0 Å². The highest BCUT2D eigenvalue weighted by Crippen LogP contribution is 2.39. The predicted octanol–water partition coefficient (Wildman–Crippen LogP) is 3.81. The van der Waals surface area contributed by atoms with E-state index in [1.54, 1.807) is 0 Å². The molecule has 1 aliphatic carbocycles. The van der Waals surface area contributed by atoms with E-state index in [0.717, 1.165) is 12.8 Å². The van der Waals surface area contributed by atoms with Gasteiger partial charge in [0.2, 0.25) is 15.9 Å². The zero-order chi connectivity index (χ0) is 24.3. The Morgan fingerprint density at radius 2 is 1.91 bits per heavy atom. The van der Waals surface area contributed by atoms with Gasteiger partial charge in [-0.1, -0.05) is 35.5 Å². The summed E-state index contributed by atoms with van der Waals surface area (Å²) < 4.78 is 40.5. The lowest BCUT2D eigenvalue weighted by Gasteiger charge is -2.31. The van der Waals surface area contributed by atoms with Gasteiger partial charge in [-0.25, -0.2) is 8.42 Å². The first-order chi connectivity index (χ1) is 16.1. The standard InChI is InChI=1S/C25H37N3O5S/c1-25(2,3)32-20-16-22(28(17-20)34(30,31)21-13-8-12-19(29)15-21)24-26-23(27-33-24)14-7-11-18-9-5-4-6-10-18/h4-6,9-10,19-22,29H,7-8,11-17H2,1-3H3/t19-,20+,21?,22-/m0/s1. The molecule has 188 valence electrons. The molecule has 4 atom stereocenters. The molecule has 9 heteroatoms. The van der Waals surface area contributed by atoms with Crippen molar-refractivity contribution in [3.63, 3.8) is 0 Å². The molecule has 1 saturated heterocycles. The van der Waals surface area contributed by atoms with E-state index in [-0.39, 0.29) is 19.1 Å². The van der Waals surface area contributed by atoms with E-state index in [1.165, 1.54) is 9.87 Å². The van der Waals surface area contributed by atoms with Crippen LogP contribution in [0.2, 0.25) is 0 Å². The van der Waals surface area contributed by atoms with Crippen LogP contribution < -0.4 is 0 Å². The summed E-state index contributed by atoms with van der Waals surface area (Å²) in [6.45, 7) is 6.15. The number of benzene rings is 1. The van der Waals surface area contributed by atoms with E-state index >= 15 is 0 Å². The van der Waals surface area contributed by atoms with Crippen molar-refractivity contribution in [3.05, 3.63) is 47.6 Å². The van der Waals surface area contributed by atoms with Crippen LogP contribution in [0.5, 0.6) is 0 Å². The number of aromatic nitrogens is 2. The molecule has 0 bridgehead atoms. The maximum atomic E-state index is 13.6. The van der Waals surface area contributed by atoms with Crippen LogP contribution in [0.3, 0.4) is 0 Å². The molecule has 1 unspecified atom stereocenters. The second-order valence-corrected chi connectivity index (χ2v) is 12.7. The molecule has 2 aromatic rings. The highest BCUT2D eigenvalue weighted by Gasteiger charge is 2.47. The lowest BCUT2D eigenvalue weighted by molar-refractivity contribution is -0.0526. The van der Waals surface area contributed by atoms with Crippen molar-refractivity contribution >= 4 is 10.0 Å². The van der Waals surface area contributed by atoms with E-state index < -0.39 is 33.0 Å². The van der Waals surface area contributed by atoms with Gasteiger partial charge in [0.25, 0.3) is 0 Å². The number of aryl methyl sites for hydroxylation is 2. The van der Waals surface area contributed by atoms with Crippen LogP contribution in [0, 0.1) is 0 Å². The molecule has 1 aliphatic heterocycles. The summed E-state index contributed by atoms with van der Waals surface area (Å²) in [6.07, 6.45) is 4.28. The summed E-state index contributed by atoms with van der Waals surface area (Å²) >= 11 is 0. The minimum Gasteiger partial charge on any atom is -0.393 e. The molecule has 34 heavy (non-hydrogen) atoms. The third-order valence-corrected chi connectivity index (χ3v) is 8.89. The number of aliphatic hydroxyl groups is 1. The highest BCUT2D eigenvalue weighted by atomic mass is 32.2. The molecule has 1 aromatic carbocycles. The fourth-order valence-corrected chi connectivity index (χ4v) is 7.26. The van der Waals surface area contributed by atoms with Crippen molar-refractivity contribution in [1.82, 2.24) is 14.4 Å². The Labute approximate surface area is 202 Å². The summed E-state index contributed by atoms with van der Waals surface area (Å²) in [6, 6.07) is 9.70. The third-order valence-electron chi connectivity index (χ3n) is 6.56. The fraction of sp³-hybridized carbons (Fsp3) is 0.680. The van der Waals surface area contributed by atoms with Crippen LogP contribution >= 0.6 is 0 Å². The van der Waals surface area contributed by atoms with E-state index in [4.69, 9.17) is 9.26 Å².